The summed E-state index contributed by atoms with van der Waals surface area (Å²) in [6.45, 7) is 0.841. The lowest BCUT2D eigenvalue weighted by molar-refractivity contribution is -0.166. The number of ether oxygens (including phenoxy) is 2. The van der Waals surface area contributed by atoms with Gasteiger partial charge in [0.15, 0.2) is 11.4 Å². The third-order valence-electron chi connectivity index (χ3n) is 8.63. The van der Waals surface area contributed by atoms with Crippen LogP contribution in [0.1, 0.15) is 73.1 Å². The average molecular weight is 510 g/mol. The van der Waals surface area contributed by atoms with Crippen molar-refractivity contribution in [3.8, 4) is 0 Å². The maximum Gasteiger partial charge on any atom is 0.225 e. The molecule has 4 fully saturated rings. The zero-order valence-electron chi connectivity index (χ0n) is 21.3. The van der Waals surface area contributed by atoms with E-state index in [0.29, 0.717) is 50.3 Å². The predicted octanol–water partition coefficient (Wildman–Crippen LogP) is 4.96. The number of piperidine rings is 2. The highest BCUT2D eigenvalue weighted by atomic mass is 16.5. The Morgan fingerprint density at radius 3 is 1.53 bits per heavy atom. The number of aromatic nitrogens is 1. The highest BCUT2D eigenvalue weighted by Gasteiger charge is 2.57. The van der Waals surface area contributed by atoms with Gasteiger partial charge >= 0.3 is 0 Å². The van der Waals surface area contributed by atoms with Crippen molar-refractivity contribution in [1.29, 1.82) is 0 Å². The van der Waals surface area contributed by atoms with Crippen molar-refractivity contribution >= 4 is 11.8 Å². The van der Waals surface area contributed by atoms with E-state index in [1.54, 1.807) is 0 Å². The van der Waals surface area contributed by atoms with Crippen LogP contribution >= 0.6 is 0 Å². The minimum absolute atomic E-state index is 0.0868. The second-order valence-electron chi connectivity index (χ2n) is 10.7. The molecule has 0 bridgehead atoms. The van der Waals surface area contributed by atoms with Crippen molar-refractivity contribution < 1.29 is 19.1 Å². The molecule has 7 rings (SSSR count). The monoisotopic (exact) mass is 509 g/mol. The van der Waals surface area contributed by atoms with Crippen LogP contribution in [0.25, 0.3) is 0 Å². The minimum atomic E-state index is -0.927. The second-order valence-corrected chi connectivity index (χ2v) is 10.7. The fourth-order valence-electron chi connectivity index (χ4n) is 6.92. The Bertz CT molecular complexity index is 1270. The molecule has 4 aliphatic heterocycles. The van der Waals surface area contributed by atoms with Gasteiger partial charge in [0.2, 0.25) is 11.8 Å². The normalized spacial score (nSPS) is 30.8. The smallest absolute Gasteiger partial charge is 0.225 e. The third-order valence-corrected chi connectivity index (χ3v) is 8.63. The molecule has 7 nitrogen and oxygen atoms in total. The van der Waals surface area contributed by atoms with Gasteiger partial charge in [0.05, 0.1) is 36.7 Å². The first-order chi connectivity index (χ1) is 18.6. The second kappa shape index (κ2) is 9.03. The van der Waals surface area contributed by atoms with Crippen molar-refractivity contribution in [1.82, 2.24) is 14.8 Å². The molecule has 0 saturated carbocycles. The first-order valence-corrected chi connectivity index (χ1v) is 13.6. The van der Waals surface area contributed by atoms with Gasteiger partial charge in [0, 0.05) is 25.7 Å². The number of carbonyl (C=O) groups is 2. The molecule has 194 valence electrons. The number of fused-ring (bicyclic) bond motifs is 2. The summed E-state index contributed by atoms with van der Waals surface area (Å²) >= 11 is 0. The summed E-state index contributed by atoms with van der Waals surface area (Å²) in [4.78, 5) is 35.8. The van der Waals surface area contributed by atoms with E-state index in [1.807, 2.05) is 64.4 Å². The van der Waals surface area contributed by atoms with Crippen LogP contribution in [0, 0.1) is 0 Å². The molecule has 0 radical (unpaired) electrons. The van der Waals surface area contributed by atoms with Crippen LogP contribution in [0.5, 0.6) is 0 Å². The summed E-state index contributed by atoms with van der Waals surface area (Å²) in [7, 11) is 0. The van der Waals surface area contributed by atoms with E-state index >= 15 is 0 Å². The summed E-state index contributed by atoms with van der Waals surface area (Å²) < 4.78 is 13.1. The Morgan fingerprint density at radius 1 is 0.632 bits per heavy atom. The maximum atomic E-state index is 13.4. The number of hydrogen-bond acceptors (Lipinski definition) is 5. The Balaban J connectivity index is 1.30. The molecule has 1 aromatic heterocycles. The van der Waals surface area contributed by atoms with Gasteiger partial charge in [-0.05, 0) is 36.1 Å². The van der Waals surface area contributed by atoms with Crippen LogP contribution in [0.15, 0.2) is 78.9 Å². The van der Waals surface area contributed by atoms with E-state index in [2.05, 4.69) is 24.3 Å². The zero-order chi connectivity index (χ0) is 25.7. The van der Waals surface area contributed by atoms with Gasteiger partial charge < -0.3 is 9.47 Å². The van der Waals surface area contributed by atoms with Gasteiger partial charge in [0.25, 0.3) is 0 Å². The van der Waals surface area contributed by atoms with Gasteiger partial charge in [-0.3, -0.25) is 19.4 Å². The summed E-state index contributed by atoms with van der Waals surface area (Å²) in [6, 6.07) is 25.7. The molecule has 4 aliphatic rings. The molecule has 0 N–H and O–H groups in total. The molecular formula is C31H31N3O4. The fraction of sp³-hybridized carbons (Fsp3) is 0.387. The molecule has 4 atom stereocenters. The Labute approximate surface area is 222 Å². The fourth-order valence-corrected chi connectivity index (χ4v) is 6.92. The van der Waals surface area contributed by atoms with Gasteiger partial charge in [-0.15, -0.1) is 0 Å². The highest BCUT2D eigenvalue weighted by Crippen LogP contribution is 2.52. The number of hydrogen-bond donors (Lipinski definition) is 0. The standard InChI is InChI=1S/C31H31N3O4/c35-28-16-8-18-30(33(28)24(20-37-30)22-10-3-1-4-11-22)26-14-7-15-27(32-26)31-19-9-17-29(36)34(31)25(21-38-31)23-12-5-2-6-13-23/h1-7,10-15,24-25H,8-9,16-21H2/t24-,25-,30+,31+/m0/s1. The van der Waals surface area contributed by atoms with Crippen LogP contribution in [0.3, 0.4) is 0 Å². The lowest BCUT2D eigenvalue weighted by Crippen LogP contribution is -2.52. The predicted molar refractivity (Wildman–Crippen MR) is 139 cm³/mol. The summed E-state index contributed by atoms with van der Waals surface area (Å²) in [6.07, 6.45) is 3.85. The SMILES string of the molecule is O=C1CCC[C@]2(c3cccc([C@]45CCCC(=O)N4[C@H](c4ccccc4)CO5)n3)OC[C@@H](c3ccccc3)N12. The third kappa shape index (κ3) is 3.45. The summed E-state index contributed by atoms with van der Waals surface area (Å²) in [5, 5.41) is 0. The van der Waals surface area contributed by atoms with Crippen molar-refractivity contribution in [2.75, 3.05) is 13.2 Å². The molecule has 7 heteroatoms. The molecule has 5 heterocycles. The van der Waals surface area contributed by atoms with Gasteiger partial charge in [-0.2, -0.15) is 0 Å². The van der Waals surface area contributed by atoms with Crippen LogP contribution in [-0.4, -0.2) is 39.8 Å². The zero-order valence-corrected chi connectivity index (χ0v) is 21.3. The van der Waals surface area contributed by atoms with Gasteiger partial charge in [-0.25, -0.2) is 4.98 Å². The number of nitrogens with zero attached hydrogens (tertiary/aromatic N) is 3. The largest absolute Gasteiger partial charge is 0.347 e. The van der Waals surface area contributed by atoms with E-state index in [-0.39, 0.29) is 23.9 Å². The topological polar surface area (TPSA) is 72.0 Å². The molecule has 4 saturated heterocycles. The molecule has 3 aromatic rings. The first-order valence-electron chi connectivity index (χ1n) is 13.6. The molecule has 0 unspecified atom stereocenters. The number of rotatable bonds is 4. The summed E-state index contributed by atoms with van der Waals surface area (Å²) in [5.41, 5.74) is 1.69. The number of amides is 2. The van der Waals surface area contributed by atoms with Crippen LogP contribution < -0.4 is 0 Å². The van der Waals surface area contributed by atoms with Crippen molar-refractivity contribution in [2.24, 2.45) is 0 Å². The number of benzene rings is 2. The molecule has 2 aromatic carbocycles. The summed E-state index contributed by atoms with van der Waals surface area (Å²) in [5.74, 6) is 0.174. The van der Waals surface area contributed by atoms with Crippen molar-refractivity contribution in [3.05, 3.63) is 101 Å². The maximum absolute atomic E-state index is 13.4. The average Bonchev–Trinajstić information content (AvgIpc) is 3.57. The quantitative estimate of drug-likeness (QED) is 0.497. The molecule has 2 amide bonds. The van der Waals surface area contributed by atoms with Gasteiger partial charge in [0.1, 0.15) is 0 Å². The Morgan fingerprint density at radius 2 is 1.08 bits per heavy atom. The van der Waals surface area contributed by atoms with Crippen LogP contribution in [0.2, 0.25) is 0 Å². The van der Waals surface area contributed by atoms with Gasteiger partial charge in [-0.1, -0.05) is 66.7 Å². The Kier molecular flexibility index (Phi) is 5.60. The number of carbonyl (C=O) groups excluding carboxylic acids is 2. The number of pyridine rings is 1. The van der Waals surface area contributed by atoms with Crippen LogP contribution in [-0.2, 0) is 30.5 Å². The molecular weight excluding hydrogens is 478 g/mol. The Hall–Kier alpha value is -3.55. The minimum Gasteiger partial charge on any atom is -0.347 e. The van der Waals surface area contributed by atoms with E-state index in [0.717, 1.165) is 24.0 Å². The lowest BCUT2D eigenvalue weighted by atomic mass is 9.90. The van der Waals surface area contributed by atoms with E-state index in [4.69, 9.17) is 14.5 Å². The van der Waals surface area contributed by atoms with E-state index < -0.39 is 11.4 Å². The molecule has 0 aliphatic carbocycles. The van der Waals surface area contributed by atoms with E-state index in [9.17, 15) is 9.59 Å². The lowest BCUT2D eigenvalue weighted by Gasteiger charge is -2.44. The van der Waals surface area contributed by atoms with E-state index in [1.165, 1.54) is 0 Å². The van der Waals surface area contributed by atoms with Crippen LogP contribution in [0.4, 0.5) is 0 Å². The first kappa shape index (κ1) is 23.6. The van der Waals surface area contributed by atoms with Crippen molar-refractivity contribution in [2.45, 2.75) is 62.1 Å². The highest BCUT2D eigenvalue weighted by molar-refractivity contribution is 5.79. The molecule has 0 spiro atoms. The van der Waals surface area contributed by atoms with Crippen molar-refractivity contribution in [3.63, 3.8) is 0 Å². The molecule has 38 heavy (non-hydrogen) atoms.